The van der Waals surface area contributed by atoms with Gasteiger partial charge < -0.3 is 0 Å². The molecule has 0 nitrogen and oxygen atoms in total. The molecule has 0 aliphatic carbocycles. The number of hydrogen-bond donors (Lipinski definition) is 0. The zero-order valence-corrected chi connectivity index (χ0v) is 16.1. The van der Waals surface area contributed by atoms with Crippen molar-refractivity contribution in [2.24, 2.45) is 0 Å². The highest BCUT2D eigenvalue weighted by atomic mass is 35.5. The van der Waals surface area contributed by atoms with Gasteiger partial charge in [-0.2, -0.15) is 26.3 Å². The number of rotatable bonds is 0. The van der Waals surface area contributed by atoms with Gasteiger partial charge >= 0.3 is 12.4 Å². The van der Waals surface area contributed by atoms with E-state index in [1.54, 1.807) is 0 Å². The molecule has 0 saturated heterocycles. The maximum Gasteiger partial charge on any atom is 0.422 e. The topological polar surface area (TPSA) is 0 Å². The van der Waals surface area contributed by atoms with Gasteiger partial charge in [0.15, 0.2) is 34.9 Å². The molecule has 0 bridgehead atoms. The van der Waals surface area contributed by atoms with Crippen LogP contribution < -0.4 is 0 Å². The van der Waals surface area contributed by atoms with Crippen LogP contribution in [0.15, 0.2) is 0 Å². The first kappa shape index (κ1) is 26.8. The monoisotopic (exact) mass is 536 g/mol. The Morgan fingerprint density at radius 2 is 0.533 bits per heavy atom. The maximum absolute atomic E-state index is 12.8. The van der Waals surface area contributed by atoms with Crippen LogP contribution in [0.1, 0.15) is 11.1 Å². The highest BCUT2D eigenvalue weighted by Gasteiger charge is 2.42. The van der Waals surface area contributed by atoms with Crippen molar-refractivity contribution >= 4 is 46.4 Å². The molecule has 0 saturated carbocycles. The number of alkyl halides is 6. The molecule has 30 heavy (non-hydrogen) atoms. The number of halogens is 16. The summed E-state index contributed by atoms with van der Waals surface area (Å²) in [6, 6.07) is 0. The molecule has 0 N–H and O–H groups in total. The van der Waals surface area contributed by atoms with Crippen LogP contribution in [0.5, 0.6) is 0 Å². The molecule has 2 aromatic carbocycles. The molecule has 0 radical (unpaired) electrons. The van der Waals surface area contributed by atoms with Crippen LogP contribution in [-0.2, 0) is 12.4 Å². The fourth-order valence-electron chi connectivity index (χ4n) is 1.71. The zero-order valence-electron chi connectivity index (χ0n) is 13.0. The van der Waals surface area contributed by atoms with E-state index in [4.69, 9.17) is 46.4 Å². The molecule has 0 aliphatic rings. The zero-order chi connectivity index (χ0) is 23.9. The molecule has 0 spiro atoms. The van der Waals surface area contributed by atoms with Crippen molar-refractivity contribution < 1.29 is 52.7 Å². The molecule has 168 valence electrons. The van der Waals surface area contributed by atoms with Gasteiger partial charge in [0.05, 0.1) is 0 Å². The molecule has 0 atom stereocenters. The second-order valence-electron chi connectivity index (χ2n) is 4.89. The van der Waals surface area contributed by atoms with Crippen LogP contribution in [0.2, 0.25) is 20.1 Å². The second kappa shape index (κ2) is 9.09. The van der Waals surface area contributed by atoms with E-state index in [0.717, 1.165) is 0 Å². The summed E-state index contributed by atoms with van der Waals surface area (Å²) >= 11 is 19.5. The van der Waals surface area contributed by atoms with E-state index >= 15 is 0 Å². The molecule has 0 fully saturated rings. The Hall–Kier alpha value is -1.24. The van der Waals surface area contributed by atoms with E-state index in [2.05, 4.69) is 0 Å². The van der Waals surface area contributed by atoms with Crippen molar-refractivity contribution in [2.75, 3.05) is 0 Å². The Kier molecular flexibility index (Phi) is 8.12. The Morgan fingerprint density at radius 3 is 0.667 bits per heavy atom. The molecule has 16 heteroatoms. The molecular formula is C14Cl4F12. The highest BCUT2D eigenvalue weighted by molar-refractivity contribution is 6.35. The fraction of sp³-hybridized carbons (Fsp3) is 0.143. The second-order valence-corrected chi connectivity index (χ2v) is 6.40. The third kappa shape index (κ3) is 5.14. The van der Waals surface area contributed by atoms with Crippen molar-refractivity contribution in [1.82, 2.24) is 0 Å². The normalized spacial score (nSPS) is 12.0. The van der Waals surface area contributed by atoms with E-state index in [1.165, 1.54) is 0 Å². The standard InChI is InChI=1S/2C7Cl2F6/c2*8-2-4(10)1(7(13,14)15)5(11)3(9)6(2)12. The smallest absolute Gasteiger partial charge is 0.204 e. The summed E-state index contributed by atoms with van der Waals surface area (Å²) in [6.07, 6.45) is -10.7. The van der Waals surface area contributed by atoms with Crippen molar-refractivity contribution in [3.8, 4) is 0 Å². The predicted molar refractivity (Wildman–Crippen MR) is 82.7 cm³/mol. The minimum Gasteiger partial charge on any atom is -0.204 e. The van der Waals surface area contributed by atoms with Crippen LogP contribution in [0.25, 0.3) is 0 Å². The molecule has 0 amide bonds. The van der Waals surface area contributed by atoms with Crippen molar-refractivity contribution in [3.05, 3.63) is 66.1 Å². The third-order valence-corrected chi connectivity index (χ3v) is 4.31. The van der Waals surface area contributed by atoms with Gasteiger partial charge in [-0.3, -0.25) is 0 Å². The average molecular weight is 538 g/mol. The van der Waals surface area contributed by atoms with Gasteiger partial charge in [-0.1, -0.05) is 46.4 Å². The molecule has 0 aromatic heterocycles. The van der Waals surface area contributed by atoms with Gasteiger partial charge in [-0.05, 0) is 0 Å². The lowest BCUT2D eigenvalue weighted by atomic mass is 10.2. The van der Waals surface area contributed by atoms with Gasteiger partial charge in [0, 0.05) is 0 Å². The first-order chi connectivity index (χ1) is 13.4. The molecular weight excluding hydrogens is 538 g/mol. The van der Waals surface area contributed by atoms with E-state index in [9.17, 15) is 52.7 Å². The molecule has 0 unspecified atom stereocenters. The van der Waals surface area contributed by atoms with Crippen molar-refractivity contribution in [2.45, 2.75) is 12.4 Å². The SMILES string of the molecule is Fc1c(Cl)c(F)c(C(F)(F)F)c(F)c1Cl.Fc1c(Cl)c(F)c(C(F)(F)F)c(F)c1Cl. The van der Waals surface area contributed by atoms with Crippen LogP contribution in [-0.4, -0.2) is 0 Å². The molecule has 0 heterocycles. The van der Waals surface area contributed by atoms with Crippen LogP contribution in [0, 0.1) is 34.9 Å². The van der Waals surface area contributed by atoms with Gasteiger partial charge in [0.25, 0.3) is 0 Å². The Labute approximate surface area is 177 Å². The first-order valence-electron chi connectivity index (χ1n) is 6.52. The quantitative estimate of drug-likeness (QED) is 0.179. The summed E-state index contributed by atoms with van der Waals surface area (Å²) in [6.45, 7) is 0. The Morgan fingerprint density at radius 1 is 0.367 bits per heavy atom. The van der Waals surface area contributed by atoms with Crippen molar-refractivity contribution in [3.63, 3.8) is 0 Å². The minimum atomic E-state index is -5.34. The first-order valence-corrected chi connectivity index (χ1v) is 8.04. The van der Waals surface area contributed by atoms with Crippen LogP contribution in [0.3, 0.4) is 0 Å². The number of benzene rings is 2. The summed E-state index contributed by atoms with van der Waals surface area (Å²) in [5, 5.41) is -5.97. The fourth-order valence-corrected chi connectivity index (χ4v) is 2.56. The third-order valence-electron chi connectivity index (χ3n) is 2.99. The highest BCUT2D eigenvalue weighted by Crippen LogP contribution is 2.41. The summed E-state index contributed by atoms with van der Waals surface area (Å²) in [5.74, 6) is -12.4. The van der Waals surface area contributed by atoms with E-state index in [1.807, 2.05) is 0 Å². The molecule has 2 aromatic rings. The average Bonchev–Trinajstić information content (AvgIpc) is 2.60. The Balaban J connectivity index is 0.000000300. The van der Waals surface area contributed by atoms with Gasteiger partial charge in [0.1, 0.15) is 31.2 Å². The summed E-state index contributed by atoms with van der Waals surface area (Å²) < 4.78 is 149. The van der Waals surface area contributed by atoms with Crippen LogP contribution in [0.4, 0.5) is 52.7 Å². The maximum atomic E-state index is 12.8. The molecule has 0 aliphatic heterocycles. The summed E-state index contributed by atoms with van der Waals surface area (Å²) in [7, 11) is 0. The Bertz CT molecular complexity index is 843. The minimum absolute atomic E-state index is 1.49. The van der Waals surface area contributed by atoms with Gasteiger partial charge in [0.2, 0.25) is 0 Å². The van der Waals surface area contributed by atoms with Crippen molar-refractivity contribution in [1.29, 1.82) is 0 Å². The summed E-state index contributed by atoms with van der Waals surface area (Å²) in [5.41, 5.74) is -4.61. The molecule has 2 rings (SSSR count). The lowest BCUT2D eigenvalue weighted by Gasteiger charge is -2.11. The van der Waals surface area contributed by atoms with Gasteiger partial charge in [-0.25, -0.2) is 26.3 Å². The largest absolute Gasteiger partial charge is 0.422 e. The van der Waals surface area contributed by atoms with E-state index in [0.29, 0.717) is 0 Å². The van der Waals surface area contributed by atoms with E-state index < -0.39 is 78.5 Å². The number of hydrogen-bond acceptors (Lipinski definition) is 0. The lowest BCUT2D eigenvalue weighted by molar-refractivity contribution is -0.143. The van der Waals surface area contributed by atoms with E-state index in [-0.39, 0.29) is 0 Å². The predicted octanol–water partition coefficient (Wildman–Crippen LogP) is 8.86. The van der Waals surface area contributed by atoms with Gasteiger partial charge in [-0.15, -0.1) is 0 Å². The summed E-state index contributed by atoms with van der Waals surface area (Å²) in [4.78, 5) is 0. The van der Waals surface area contributed by atoms with Crippen LogP contribution >= 0.6 is 46.4 Å². The lowest BCUT2D eigenvalue weighted by Crippen LogP contribution is -2.13.